The van der Waals surface area contributed by atoms with Crippen LogP contribution in [0.3, 0.4) is 0 Å². The van der Waals surface area contributed by atoms with Gasteiger partial charge in [0.25, 0.3) is 0 Å². The SMILES string of the molecule is CO.COC(=O)c1ccc2c(C3=CCCCC3)c[nH]c2c1.COC(=O)c1ccc2c(C3CCCCC3)c(Br)[nH]c2c1.COC(=O)c1ccc2c(C3CCCCC3)c[nH]c2c1.O.O=C(O)c1ccc2cc[nH]c2c1.O=C1CCCCC1.[Pd]. The first-order valence-corrected chi connectivity index (χ1v) is 28.5. The maximum absolute atomic E-state index is 11.6. The fraction of sp³-hybridized carbons (Fsp3) is 0.391. The number of allylic oxidation sites excluding steroid dienone is 2. The molecular formula is C64H77BrN4O11Pd. The molecule has 436 valence electrons. The molecule has 3 saturated carbocycles. The summed E-state index contributed by atoms with van der Waals surface area (Å²) in [5.74, 6) is -0.0115. The summed E-state index contributed by atoms with van der Waals surface area (Å²) in [5.41, 5.74) is 11.4. The molecule has 0 amide bonds. The van der Waals surface area contributed by atoms with Gasteiger partial charge in [-0.15, -0.1) is 0 Å². The van der Waals surface area contributed by atoms with Gasteiger partial charge in [-0.05, 0) is 169 Å². The largest absolute Gasteiger partial charge is 0.478 e. The summed E-state index contributed by atoms with van der Waals surface area (Å²) in [6, 6.07) is 24.1. The zero-order valence-corrected chi connectivity index (χ0v) is 49.9. The van der Waals surface area contributed by atoms with Crippen molar-refractivity contribution >= 4 is 94.8 Å². The molecule has 4 aliphatic rings. The van der Waals surface area contributed by atoms with E-state index in [1.165, 1.54) is 150 Å². The van der Waals surface area contributed by atoms with Gasteiger partial charge in [0.2, 0.25) is 0 Å². The molecule has 0 spiro atoms. The second-order valence-electron chi connectivity index (χ2n) is 20.4. The number of fused-ring (bicyclic) bond motifs is 4. The number of Topliss-reactive ketones (excluding diaryl/α,β-unsaturated/α-hetero) is 1. The quantitative estimate of drug-likeness (QED) is 0.0500. The number of esters is 3. The number of aromatic carboxylic acids is 1. The van der Waals surface area contributed by atoms with Crippen molar-refractivity contribution in [1.82, 2.24) is 19.9 Å². The molecular weight excluding hydrogens is 1190 g/mol. The summed E-state index contributed by atoms with van der Waals surface area (Å²) in [6.07, 6.45) is 31.5. The molecule has 3 fully saturated rings. The van der Waals surface area contributed by atoms with E-state index in [2.05, 4.69) is 48.1 Å². The van der Waals surface area contributed by atoms with Crippen LogP contribution in [0, 0.1) is 0 Å². The van der Waals surface area contributed by atoms with Gasteiger partial charge in [0, 0.05) is 103 Å². The van der Waals surface area contributed by atoms with E-state index in [4.69, 9.17) is 24.4 Å². The van der Waals surface area contributed by atoms with E-state index in [1.54, 1.807) is 24.4 Å². The van der Waals surface area contributed by atoms with Gasteiger partial charge in [-0.1, -0.05) is 75.3 Å². The summed E-state index contributed by atoms with van der Waals surface area (Å²) in [5, 5.41) is 20.3. The van der Waals surface area contributed by atoms with Crippen LogP contribution in [0.1, 0.15) is 192 Å². The average Bonchev–Trinajstić information content (AvgIpc) is 4.38. The Morgan fingerprint density at radius 3 is 1.58 bits per heavy atom. The summed E-state index contributed by atoms with van der Waals surface area (Å²) < 4.78 is 15.3. The predicted octanol–water partition coefficient (Wildman–Crippen LogP) is 14.8. The van der Waals surface area contributed by atoms with E-state index in [0.29, 0.717) is 39.9 Å². The molecule has 0 unspecified atom stereocenters. The fourth-order valence-corrected chi connectivity index (χ4v) is 12.0. The third-order valence-electron chi connectivity index (χ3n) is 15.4. The van der Waals surface area contributed by atoms with Crippen LogP contribution >= 0.6 is 15.9 Å². The van der Waals surface area contributed by atoms with Crippen LogP contribution in [-0.2, 0) is 39.4 Å². The first-order chi connectivity index (χ1) is 38.5. The molecule has 4 aliphatic carbocycles. The molecule has 12 rings (SSSR count). The maximum Gasteiger partial charge on any atom is 0.337 e. The van der Waals surface area contributed by atoms with Crippen molar-refractivity contribution in [2.24, 2.45) is 0 Å². The van der Waals surface area contributed by atoms with Crippen molar-refractivity contribution in [1.29, 1.82) is 0 Å². The Bertz CT molecular complexity index is 3370. The summed E-state index contributed by atoms with van der Waals surface area (Å²) in [7, 11) is 5.22. The number of methoxy groups -OCH3 is 3. The summed E-state index contributed by atoms with van der Waals surface area (Å²) in [6.45, 7) is 0. The molecule has 0 bridgehead atoms. The van der Waals surface area contributed by atoms with Gasteiger partial charge >= 0.3 is 23.9 Å². The van der Waals surface area contributed by atoms with Crippen molar-refractivity contribution in [2.75, 3.05) is 28.4 Å². The van der Waals surface area contributed by atoms with Crippen LogP contribution in [0.4, 0.5) is 0 Å². The number of halogens is 1. The third kappa shape index (κ3) is 17.2. The molecule has 0 atom stereocenters. The molecule has 0 aliphatic heterocycles. The number of carboxylic acids is 1. The van der Waals surface area contributed by atoms with Crippen LogP contribution in [0.5, 0.6) is 0 Å². The zero-order valence-electron chi connectivity index (χ0n) is 46.8. The number of aromatic amines is 4. The van der Waals surface area contributed by atoms with E-state index < -0.39 is 5.97 Å². The summed E-state index contributed by atoms with van der Waals surface area (Å²) in [4.78, 5) is 68.5. The number of carboxylic acid groups (broad SMARTS) is 1. The van der Waals surface area contributed by atoms with Crippen molar-refractivity contribution in [2.45, 2.75) is 134 Å². The molecule has 4 aromatic carbocycles. The van der Waals surface area contributed by atoms with Crippen molar-refractivity contribution in [3.63, 3.8) is 0 Å². The molecule has 15 nitrogen and oxygen atoms in total. The van der Waals surface area contributed by atoms with Crippen molar-refractivity contribution < 1.29 is 74.3 Å². The fourth-order valence-electron chi connectivity index (χ4n) is 11.2. The maximum atomic E-state index is 11.6. The number of rotatable bonds is 7. The van der Waals surface area contributed by atoms with Crippen LogP contribution in [0.25, 0.3) is 49.2 Å². The van der Waals surface area contributed by atoms with Crippen LogP contribution < -0.4 is 0 Å². The normalized spacial score (nSPS) is 15.1. The predicted molar refractivity (Wildman–Crippen MR) is 320 cm³/mol. The van der Waals surface area contributed by atoms with Crippen LogP contribution in [-0.4, -0.2) is 93.7 Å². The Morgan fingerprint density at radius 1 is 0.543 bits per heavy atom. The number of H-pyrrole nitrogens is 4. The van der Waals surface area contributed by atoms with Crippen molar-refractivity contribution in [3.05, 3.63) is 147 Å². The van der Waals surface area contributed by atoms with E-state index >= 15 is 0 Å². The monoisotopic (exact) mass is 1260 g/mol. The molecule has 17 heteroatoms. The number of carbonyl (C=O) groups is 5. The number of nitrogens with one attached hydrogen (secondary N) is 4. The minimum atomic E-state index is -0.897. The Morgan fingerprint density at radius 2 is 1.04 bits per heavy atom. The number of carbonyl (C=O) groups excluding carboxylic acids is 4. The van der Waals surface area contributed by atoms with Gasteiger partial charge in [-0.2, -0.15) is 0 Å². The van der Waals surface area contributed by atoms with Gasteiger partial charge in [-0.25, -0.2) is 19.2 Å². The smallest absolute Gasteiger partial charge is 0.337 e. The first kappa shape index (κ1) is 65.2. The van der Waals surface area contributed by atoms with E-state index in [-0.39, 0.29) is 43.8 Å². The van der Waals surface area contributed by atoms with Gasteiger partial charge in [0.1, 0.15) is 5.78 Å². The number of ether oxygens (including phenoxy) is 3. The van der Waals surface area contributed by atoms with Gasteiger partial charge in [-0.3, -0.25) is 4.79 Å². The minimum absolute atomic E-state index is 0. The Balaban J connectivity index is 0.000000189. The minimum Gasteiger partial charge on any atom is -0.478 e. The number of aliphatic hydroxyl groups excluding tert-OH is 1. The van der Waals surface area contributed by atoms with E-state index in [0.717, 1.165) is 71.3 Å². The molecule has 0 saturated heterocycles. The third-order valence-corrected chi connectivity index (χ3v) is 16.0. The first-order valence-electron chi connectivity index (χ1n) is 27.7. The molecule has 0 radical (unpaired) electrons. The second-order valence-corrected chi connectivity index (χ2v) is 21.2. The van der Waals surface area contributed by atoms with Gasteiger partial charge in [0.15, 0.2) is 0 Å². The molecule has 8 N–H and O–H groups in total. The number of benzene rings is 4. The molecule has 81 heavy (non-hydrogen) atoms. The number of ketones is 1. The molecule has 4 aromatic heterocycles. The van der Waals surface area contributed by atoms with Crippen LogP contribution in [0.2, 0.25) is 0 Å². The Kier molecular flexibility index (Phi) is 26.4. The second kappa shape index (κ2) is 32.7. The van der Waals surface area contributed by atoms with E-state index in [1.807, 2.05) is 66.9 Å². The molecule has 4 heterocycles. The van der Waals surface area contributed by atoms with Gasteiger partial charge in [0.05, 0.1) is 48.2 Å². The Labute approximate surface area is 495 Å². The standard InChI is InChI=1S/C16H18BrNO2.C16H19NO2.C16H17NO2.C9H7NO2.C6H10O.CH4O.H2O.Pd/c1-20-16(19)11-7-8-12-13(9-11)18-15(17)14(12)10-5-3-2-4-6-10;2*1-19-16(18)12-7-8-13-14(10-17-15(13)9-12)11-5-3-2-4-6-11;11-9(12)7-2-1-6-3-4-10-8(6)5-7;7-6-4-2-1-3-5-6;1-2;;/h7-10,18H,2-6H2,1H3;7-11,17H,2-6H2,1H3;5,7-10,17H,2-4,6H2,1H3;1-5,10H,(H,11,12);1-5H2;2H,1H3;1H2;. The zero-order chi connectivity index (χ0) is 56.3. The van der Waals surface area contributed by atoms with Gasteiger partial charge < -0.3 is 49.8 Å². The Hall–Kier alpha value is -6.61. The topological polar surface area (TPSA) is 248 Å². The average molecular weight is 1260 g/mol. The number of aromatic nitrogens is 4. The molecule has 8 aromatic rings. The van der Waals surface area contributed by atoms with Crippen molar-refractivity contribution in [3.8, 4) is 0 Å². The van der Waals surface area contributed by atoms with E-state index in [9.17, 15) is 24.0 Å². The van der Waals surface area contributed by atoms with Crippen LogP contribution in [0.15, 0.2) is 108 Å². The number of hydrogen-bond acceptors (Lipinski definition) is 9. The number of hydrogen-bond donors (Lipinski definition) is 6. The summed E-state index contributed by atoms with van der Waals surface area (Å²) >= 11 is 3.65. The number of aliphatic hydroxyl groups is 1.